The van der Waals surface area contributed by atoms with Crippen LogP contribution in [0, 0.1) is 5.82 Å². The zero-order valence-electron chi connectivity index (χ0n) is 13.9. The van der Waals surface area contributed by atoms with Crippen molar-refractivity contribution in [2.24, 2.45) is 0 Å². The Labute approximate surface area is 140 Å². The molecule has 0 aliphatic rings. The van der Waals surface area contributed by atoms with Gasteiger partial charge in [-0.2, -0.15) is 0 Å². The number of anilines is 3. The van der Waals surface area contributed by atoms with Gasteiger partial charge in [-0.25, -0.2) is 4.39 Å². The molecular formula is C18H20FN3O2. The van der Waals surface area contributed by atoms with Crippen molar-refractivity contribution in [3.05, 3.63) is 54.3 Å². The molecule has 0 saturated carbocycles. The summed E-state index contributed by atoms with van der Waals surface area (Å²) in [7, 11) is 3.83. The summed E-state index contributed by atoms with van der Waals surface area (Å²) in [6.07, 6.45) is 0. The molecule has 24 heavy (non-hydrogen) atoms. The normalized spacial score (nSPS) is 10.2. The number of carbonyl (C=O) groups excluding carboxylic acids is 2. The monoisotopic (exact) mass is 329 g/mol. The van der Waals surface area contributed by atoms with Crippen molar-refractivity contribution in [2.75, 3.05) is 35.8 Å². The van der Waals surface area contributed by atoms with Gasteiger partial charge in [0.05, 0.1) is 5.69 Å². The third-order valence-electron chi connectivity index (χ3n) is 3.51. The van der Waals surface area contributed by atoms with Gasteiger partial charge in [0.25, 0.3) is 0 Å². The molecular weight excluding hydrogens is 309 g/mol. The molecule has 0 heterocycles. The van der Waals surface area contributed by atoms with Crippen LogP contribution in [0.5, 0.6) is 0 Å². The largest absolute Gasteiger partial charge is 0.378 e. The van der Waals surface area contributed by atoms with Crippen molar-refractivity contribution in [3.63, 3.8) is 0 Å². The fraction of sp³-hybridized carbons (Fsp3) is 0.222. The molecule has 0 atom stereocenters. The summed E-state index contributed by atoms with van der Waals surface area (Å²) in [6, 6.07) is 13.2. The minimum atomic E-state index is -0.518. The van der Waals surface area contributed by atoms with Gasteiger partial charge >= 0.3 is 0 Å². The molecule has 2 rings (SSSR count). The molecule has 0 spiro atoms. The fourth-order valence-corrected chi connectivity index (χ4v) is 2.21. The number of rotatable bonds is 5. The molecule has 2 aromatic carbocycles. The van der Waals surface area contributed by atoms with Crippen LogP contribution in [0.25, 0.3) is 0 Å². The van der Waals surface area contributed by atoms with E-state index in [0.717, 1.165) is 5.69 Å². The highest BCUT2D eigenvalue weighted by molar-refractivity contribution is 6.01. The molecule has 0 unspecified atom stereocenters. The second-order valence-corrected chi connectivity index (χ2v) is 5.54. The molecule has 0 aliphatic carbocycles. The van der Waals surface area contributed by atoms with E-state index in [1.165, 1.54) is 24.0 Å². The molecule has 0 saturated heterocycles. The first kappa shape index (κ1) is 17.5. The van der Waals surface area contributed by atoms with Gasteiger partial charge in [-0.1, -0.05) is 12.1 Å². The van der Waals surface area contributed by atoms with E-state index in [4.69, 9.17) is 0 Å². The van der Waals surface area contributed by atoms with Crippen LogP contribution in [0.2, 0.25) is 0 Å². The number of carbonyl (C=O) groups is 2. The van der Waals surface area contributed by atoms with E-state index in [0.29, 0.717) is 5.69 Å². The first-order chi connectivity index (χ1) is 11.4. The average molecular weight is 329 g/mol. The zero-order chi connectivity index (χ0) is 17.7. The Morgan fingerprint density at radius 2 is 1.58 bits per heavy atom. The maximum absolute atomic E-state index is 13.6. The third kappa shape index (κ3) is 4.32. The standard InChI is InChI=1S/C18H20FN3O2/c1-13(23)22(15-10-8-14(9-11-15)21(2)3)12-18(24)20-17-7-5-4-6-16(17)19/h4-11H,12H2,1-3H3,(H,20,24). The van der Waals surface area contributed by atoms with Gasteiger partial charge in [0.15, 0.2) is 0 Å². The summed E-state index contributed by atoms with van der Waals surface area (Å²) in [5.41, 5.74) is 1.68. The first-order valence-electron chi connectivity index (χ1n) is 7.48. The summed E-state index contributed by atoms with van der Waals surface area (Å²) in [5.74, 6) is -1.25. The lowest BCUT2D eigenvalue weighted by Gasteiger charge is -2.22. The second kappa shape index (κ2) is 7.59. The molecule has 0 aliphatic heterocycles. The minimum absolute atomic E-state index is 0.0916. The van der Waals surface area contributed by atoms with Crippen LogP contribution >= 0.6 is 0 Å². The Morgan fingerprint density at radius 3 is 2.12 bits per heavy atom. The van der Waals surface area contributed by atoms with Crippen molar-refractivity contribution in [3.8, 4) is 0 Å². The van der Waals surface area contributed by atoms with Crippen LogP contribution < -0.4 is 15.1 Å². The first-order valence-corrected chi connectivity index (χ1v) is 7.48. The van der Waals surface area contributed by atoms with Gasteiger partial charge in [-0.3, -0.25) is 9.59 Å². The molecule has 0 aromatic heterocycles. The molecule has 0 radical (unpaired) electrons. The van der Waals surface area contributed by atoms with Crippen molar-refractivity contribution in [1.29, 1.82) is 0 Å². The molecule has 0 fully saturated rings. The molecule has 126 valence electrons. The highest BCUT2D eigenvalue weighted by atomic mass is 19.1. The molecule has 0 bridgehead atoms. The highest BCUT2D eigenvalue weighted by Gasteiger charge is 2.17. The Morgan fingerprint density at radius 1 is 1.00 bits per heavy atom. The van der Waals surface area contributed by atoms with Crippen LogP contribution in [0.1, 0.15) is 6.92 Å². The highest BCUT2D eigenvalue weighted by Crippen LogP contribution is 2.20. The number of halogens is 1. The number of benzene rings is 2. The lowest BCUT2D eigenvalue weighted by atomic mass is 10.2. The van der Waals surface area contributed by atoms with E-state index in [9.17, 15) is 14.0 Å². The van der Waals surface area contributed by atoms with Gasteiger partial charge < -0.3 is 15.1 Å². The second-order valence-electron chi connectivity index (χ2n) is 5.54. The van der Waals surface area contributed by atoms with E-state index in [-0.39, 0.29) is 18.1 Å². The average Bonchev–Trinajstić information content (AvgIpc) is 2.54. The molecule has 2 aromatic rings. The van der Waals surface area contributed by atoms with Gasteiger partial charge in [0.1, 0.15) is 12.4 Å². The van der Waals surface area contributed by atoms with E-state index in [2.05, 4.69) is 5.32 Å². The predicted octanol–water partition coefficient (Wildman–Crippen LogP) is 2.88. The fourth-order valence-electron chi connectivity index (χ4n) is 2.21. The lowest BCUT2D eigenvalue weighted by Crippen LogP contribution is -2.36. The van der Waals surface area contributed by atoms with Gasteiger partial charge in [-0.05, 0) is 36.4 Å². The summed E-state index contributed by atoms with van der Waals surface area (Å²) in [4.78, 5) is 27.3. The van der Waals surface area contributed by atoms with Crippen LogP contribution in [-0.2, 0) is 9.59 Å². The number of nitrogens with one attached hydrogen (secondary N) is 1. The van der Waals surface area contributed by atoms with Crippen molar-refractivity contribution in [2.45, 2.75) is 6.92 Å². The topological polar surface area (TPSA) is 52.7 Å². The smallest absolute Gasteiger partial charge is 0.244 e. The summed E-state index contributed by atoms with van der Waals surface area (Å²) >= 11 is 0. The van der Waals surface area contributed by atoms with Crippen molar-refractivity contribution < 1.29 is 14.0 Å². The molecule has 1 N–H and O–H groups in total. The Bertz CT molecular complexity index is 729. The third-order valence-corrected chi connectivity index (χ3v) is 3.51. The van der Waals surface area contributed by atoms with Gasteiger partial charge in [-0.15, -0.1) is 0 Å². The number of amides is 2. The van der Waals surface area contributed by atoms with E-state index >= 15 is 0 Å². The summed E-state index contributed by atoms with van der Waals surface area (Å²) < 4.78 is 13.6. The quantitative estimate of drug-likeness (QED) is 0.918. The maximum atomic E-state index is 13.6. The molecule has 5 nitrogen and oxygen atoms in total. The van der Waals surface area contributed by atoms with Crippen molar-refractivity contribution in [1.82, 2.24) is 0 Å². The minimum Gasteiger partial charge on any atom is -0.378 e. The lowest BCUT2D eigenvalue weighted by molar-refractivity contribution is -0.120. The van der Waals surface area contributed by atoms with Gasteiger partial charge in [0, 0.05) is 32.4 Å². The Balaban J connectivity index is 2.12. The Hall–Kier alpha value is -2.89. The van der Waals surface area contributed by atoms with Crippen LogP contribution in [0.15, 0.2) is 48.5 Å². The van der Waals surface area contributed by atoms with E-state index in [1.807, 2.05) is 31.1 Å². The number of hydrogen-bond donors (Lipinski definition) is 1. The predicted molar refractivity (Wildman–Crippen MR) is 93.8 cm³/mol. The van der Waals surface area contributed by atoms with Crippen LogP contribution in [0.4, 0.5) is 21.5 Å². The Kier molecular flexibility index (Phi) is 5.52. The number of para-hydroxylation sites is 1. The molecule has 2 amide bonds. The summed E-state index contributed by atoms with van der Waals surface area (Å²) in [5, 5.41) is 2.48. The number of hydrogen-bond acceptors (Lipinski definition) is 3. The van der Waals surface area contributed by atoms with E-state index < -0.39 is 11.7 Å². The zero-order valence-corrected chi connectivity index (χ0v) is 13.9. The van der Waals surface area contributed by atoms with Crippen molar-refractivity contribution >= 4 is 28.9 Å². The van der Waals surface area contributed by atoms with Crippen LogP contribution in [-0.4, -0.2) is 32.5 Å². The molecule has 6 heteroatoms. The van der Waals surface area contributed by atoms with Crippen LogP contribution in [0.3, 0.4) is 0 Å². The van der Waals surface area contributed by atoms with E-state index in [1.54, 1.807) is 24.3 Å². The summed E-state index contributed by atoms with van der Waals surface area (Å²) in [6.45, 7) is 1.20. The number of nitrogens with zero attached hydrogens (tertiary/aromatic N) is 2. The maximum Gasteiger partial charge on any atom is 0.244 e. The SMILES string of the molecule is CC(=O)N(CC(=O)Nc1ccccc1F)c1ccc(N(C)C)cc1. The van der Waals surface area contributed by atoms with Gasteiger partial charge in [0.2, 0.25) is 11.8 Å².